The third-order valence-corrected chi connectivity index (χ3v) is 7.54. The van der Waals surface area contributed by atoms with Crippen molar-refractivity contribution >= 4 is 15.9 Å². The lowest BCUT2D eigenvalue weighted by atomic mass is 9.99. The van der Waals surface area contributed by atoms with E-state index in [1.807, 2.05) is 12.1 Å². The van der Waals surface area contributed by atoms with E-state index in [1.54, 1.807) is 16.4 Å². The predicted molar refractivity (Wildman–Crippen MR) is 106 cm³/mol. The third kappa shape index (κ3) is 5.30. The summed E-state index contributed by atoms with van der Waals surface area (Å²) in [7, 11) is -3.39. The summed E-state index contributed by atoms with van der Waals surface area (Å²) < 4.78 is 26.9. The molecule has 2 aliphatic heterocycles. The van der Waals surface area contributed by atoms with Crippen LogP contribution in [0.1, 0.15) is 51.0 Å². The summed E-state index contributed by atoms with van der Waals surface area (Å²) >= 11 is 0. The first-order chi connectivity index (χ1) is 13.0. The van der Waals surface area contributed by atoms with Crippen molar-refractivity contribution < 1.29 is 13.2 Å². The molecule has 2 heterocycles. The van der Waals surface area contributed by atoms with E-state index in [-0.39, 0.29) is 11.9 Å². The molecule has 2 unspecified atom stereocenters. The highest BCUT2D eigenvalue weighted by atomic mass is 32.2. The highest BCUT2D eigenvalue weighted by Gasteiger charge is 2.26. The van der Waals surface area contributed by atoms with Crippen LogP contribution in [0, 0.1) is 0 Å². The third-order valence-electron chi connectivity index (χ3n) is 5.63. The number of carbonyl (C=O) groups excluding carboxylic acids is 1. The molecule has 27 heavy (non-hydrogen) atoms. The Labute approximate surface area is 162 Å². The minimum absolute atomic E-state index is 0.0561. The maximum Gasteiger partial charge on any atom is 0.243 e. The maximum atomic E-state index is 12.7. The van der Waals surface area contributed by atoms with Gasteiger partial charge in [0.25, 0.3) is 0 Å². The van der Waals surface area contributed by atoms with E-state index in [0.29, 0.717) is 36.9 Å². The van der Waals surface area contributed by atoms with Crippen LogP contribution in [0.2, 0.25) is 0 Å². The summed E-state index contributed by atoms with van der Waals surface area (Å²) in [6, 6.07) is 7.50. The van der Waals surface area contributed by atoms with E-state index in [0.717, 1.165) is 44.2 Å². The van der Waals surface area contributed by atoms with Crippen molar-refractivity contribution in [1.82, 2.24) is 14.9 Å². The smallest absolute Gasteiger partial charge is 0.243 e. The molecule has 0 aliphatic carbocycles. The second-order valence-electron chi connectivity index (χ2n) is 7.67. The van der Waals surface area contributed by atoms with Gasteiger partial charge in [0.1, 0.15) is 0 Å². The summed E-state index contributed by atoms with van der Waals surface area (Å²) in [5.41, 5.74) is 0.984. The summed E-state index contributed by atoms with van der Waals surface area (Å²) in [6.45, 7) is 4.34. The Balaban J connectivity index is 1.52. The summed E-state index contributed by atoms with van der Waals surface area (Å²) in [4.78, 5) is 12.6. The van der Waals surface area contributed by atoms with Gasteiger partial charge >= 0.3 is 0 Å². The van der Waals surface area contributed by atoms with E-state index in [9.17, 15) is 13.2 Å². The Morgan fingerprint density at radius 2 is 1.85 bits per heavy atom. The molecule has 2 aliphatic rings. The minimum Gasteiger partial charge on any atom is -0.352 e. The Kier molecular flexibility index (Phi) is 6.89. The number of aryl methyl sites for hydroxylation is 1. The highest BCUT2D eigenvalue weighted by molar-refractivity contribution is 7.89. The molecule has 0 bridgehead atoms. The van der Waals surface area contributed by atoms with Crippen LogP contribution in [0.15, 0.2) is 29.2 Å². The van der Waals surface area contributed by atoms with Gasteiger partial charge in [-0.05, 0) is 63.3 Å². The fraction of sp³-hybridized carbons (Fsp3) is 0.650. The SMILES string of the molecule is CC1NCCCC1NC(=O)CCc1ccc(S(=O)(=O)N2CCCCC2)cc1. The predicted octanol–water partition coefficient (Wildman–Crippen LogP) is 2.05. The van der Waals surface area contributed by atoms with Crippen LogP contribution in [0.4, 0.5) is 0 Å². The first kappa shape index (κ1) is 20.3. The van der Waals surface area contributed by atoms with Crippen LogP contribution in [-0.4, -0.2) is 50.3 Å². The van der Waals surface area contributed by atoms with Crippen molar-refractivity contribution in [3.05, 3.63) is 29.8 Å². The number of rotatable bonds is 6. The normalized spacial score (nSPS) is 24.5. The highest BCUT2D eigenvalue weighted by Crippen LogP contribution is 2.21. The average molecular weight is 394 g/mol. The molecule has 3 rings (SSSR count). The van der Waals surface area contributed by atoms with Gasteiger partial charge in [-0.1, -0.05) is 18.6 Å². The van der Waals surface area contributed by atoms with Crippen molar-refractivity contribution in [2.45, 2.75) is 68.8 Å². The molecule has 1 amide bonds. The molecule has 7 heteroatoms. The van der Waals surface area contributed by atoms with Gasteiger partial charge in [-0.3, -0.25) is 4.79 Å². The van der Waals surface area contributed by atoms with Gasteiger partial charge in [-0.25, -0.2) is 8.42 Å². The van der Waals surface area contributed by atoms with Crippen LogP contribution in [-0.2, 0) is 21.2 Å². The van der Waals surface area contributed by atoms with Gasteiger partial charge in [0.2, 0.25) is 15.9 Å². The zero-order valence-electron chi connectivity index (χ0n) is 16.1. The summed E-state index contributed by atoms with van der Waals surface area (Å²) in [6.07, 6.45) is 6.10. The molecule has 1 aromatic rings. The molecule has 150 valence electrons. The first-order valence-electron chi connectivity index (χ1n) is 10.1. The molecule has 2 saturated heterocycles. The zero-order valence-corrected chi connectivity index (χ0v) is 16.9. The number of benzene rings is 1. The molecule has 6 nitrogen and oxygen atoms in total. The van der Waals surface area contributed by atoms with E-state index in [4.69, 9.17) is 0 Å². The van der Waals surface area contributed by atoms with E-state index in [1.165, 1.54) is 0 Å². The first-order valence-corrected chi connectivity index (χ1v) is 11.5. The Morgan fingerprint density at radius 1 is 1.15 bits per heavy atom. The van der Waals surface area contributed by atoms with Crippen molar-refractivity contribution in [1.29, 1.82) is 0 Å². The molecule has 0 aromatic heterocycles. The van der Waals surface area contributed by atoms with Gasteiger partial charge in [0.05, 0.1) is 4.90 Å². The molecule has 0 saturated carbocycles. The monoisotopic (exact) mass is 393 g/mol. The molecule has 0 spiro atoms. The van der Waals surface area contributed by atoms with Crippen LogP contribution in [0.25, 0.3) is 0 Å². The zero-order chi connectivity index (χ0) is 19.3. The quantitative estimate of drug-likeness (QED) is 0.775. The molecule has 1 aromatic carbocycles. The van der Waals surface area contributed by atoms with Crippen molar-refractivity contribution in [2.75, 3.05) is 19.6 Å². The van der Waals surface area contributed by atoms with Gasteiger partial charge < -0.3 is 10.6 Å². The van der Waals surface area contributed by atoms with E-state index < -0.39 is 10.0 Å². The molecular formula is C20H31N3O3S. The Morgan fingerprint density at radius 3 is 2.52 bits per heavy atom. The van der Waals surface area contributed by atoms with Gasteiger partial charge in [0.15, 0.2) is 0 Å². The van der Waals surface area contributed by atoms with E-state index >= 15 is 0 Å². The number of amides is 1. The number of nitrogens with one attached hydrogen (secondary N) is 2. The number of hydrogen-bond acceptors (Lipinski definition) is 4. The summed E-state index contributed by atoms with van der Waals surface area (Å²) in [5, 5.41) is 6.50. The fourth-order valence-electron chi connectivity index (χ4n) is 3.86. The fourth-order valence-corrected chi connectivity index (χ4v) is 5.38. The van der Waals surface area contributed by atoms with Crippen LogP contribution < -0.4 is 10.6 Å². The van der Waals surface area contributed by atoms with Gasteiger partial charge in [0, 0.05) is 31.6 Å². The lowest BCUT2D eigenvalue weighted by Gasteiger charge is -2.30. The second kappa shape index (κ2) is 9.17. The van der Waals surface area contributed by atoms with Gasteiger partial charge in [-0.15, -0.1) is 0 Å². The molecule has 2 atom stereocenters. The Hall–Kier alpha value is -1.44. The maximum absolute atomic E-state index is 12.7. The van der Waals surface area contributed by atoms with Crippen LogP contribution in [0.3, 0.4) is 0 Å². The van der Waals surface area contributed by atoms with Crippen molar-refractivity contribution in [3.63, 3.8) is 0 Å². The van der Waals surface area contributed by atoms with Crippen LogP contribution >= 0.6 is 0 Å². The number of sulfonamides is 1. The standard InChI is InChI=1S/C20H31N3O3S/c1-16-19(6-5-13-21-16)22-20(24)12-9-17-7-10-18(11-8-17)27(25,26)23-14-3-2-4-15-23/h7-8,10-11,16,19,21H,2-6,9,12-15H2,1H3,(H,22,24). The second-order valence-corrected chi connectivity index (χ2v) is 9.61. The van der Waals surface area contributed by atoms with Crippen LogP contribution in [0.5, 0.6) is 0 Å². The summed E-state index contributed by atoms with van der Waals surface area (Å²) in [5.74, 6) is 0.0561. The van der Waals surface area contributed by atoms with E-state index in [2.05, 4.69) is 17.6 Å². The molecule has 0 radical (unpaired) electrons. The van der Waals surface area contributed by atoms with Gasteiger partial charge in [-0.2, -0.15) is 4.31 Å². The lowest BCUT2D eigenvalue weighted by molar-refractivity contribution is -0.122. The Bertz CT molecular complexity index is 727. The average Bonchev–Trinajstić information content (AvgIpc) is 2.69. The van der Waals surface area contributed by atoms with Crippen molar-refractivity contribution in [3.8, 4) is 0 Å². The largest absolute Gasteiger partial charge is 0.352 e. The number of carbonyl (C=O) groups is 1. The molecular weight excluding hydrogens is 362 g/mol. The number of hydrogen-bond donors (Lipinski definition) is 2. The molecule has 2 N–H and O–H groups in total. The molecule has 2 fully saturated rings. The number of nitrogens with zero attached hydrogens (tertiary/aromatic N) is 1. The number of piperidine rings is 2. The van der Waals surface area contributed by atoms with Crippen molar-refractivity contribution in [2.24, 2.45) is 0 Å². The minimum atomic E-state index is -3.39. The topological polar surface area (TPSA) is 78.5 Å². The lowest BCUT2D eigenvalue weighted by Crippen LogP contribution is -2.51.